The van der Waals surface area contributed by atoms with E-state index < -0.39 is 5.60 Å². The van der Waals surface area contributed by atoms with Crippen LogP contribution in [0.4, 0.5) is 5.69 Å². The van der Waals surface area contributed by atoms with Crippen LogP contribution < -0.4 is 10.2 Å². The minimum absolute atomic E-state index is 0.0352. The van der Waals surface area contributed by atoms with Crippen molar-refractivity contribution in [1.29, 1.82) is 0 Å². The van der Waals surface area contributed by atoms with Gasteiger partial charge in [-0.2, -0.15) is 0 Å². The van der Waals surface area contributed by atoms with Gasteiger partial charge in [0.2, 0.25) is 5.91 Å². The zero-order valence-corrected chi connectivity index (χ0v) is 12.8. The predicted molar refractivity (Wildman–Crippen MR) is 82.5 cm³/mol. The second kappa shape index (κ2) is 6.91. The van der Waals surface area contributed by atoms with E-state index in [1.165, 1.54) is 0 Å². The zero-order valence-electron chi connectivity index (χ0n) is 12.8. The second-order valence-corrected chi connectivity index (χ2v) is 5.86. The summed E-state index contributed by atoms with van der Waals surface area (Å²) in [5, 5.41) is 12.9. The Bertz CT molecular complexity index is 465. The first-order chi connectivity index (χ1) is 9.98. The predicted octanol–water partition coefficient (Wildman–Crippen LogP) is 0.953. The molecule has 1 amide bonds. The largest absolute Gasteiger partial charge is 0.386 e. The summed E-state index contributed by atoms with van der Waals surface area (Å²) in [6.45, 7) is 1.13. The molecule has 1 fully saturated rings. The molecule has 0 aliphatic carbocycles. The topological polar surface area (TPSA) is 61.8 Å². The van der Waals surface area contributed by atoms with E-state index in [2.05, 4.69) is 5.32 Å². The summed E-state index contributed by atoms with van der Waals surface area (Å²) >= 11 is 0. The number of benzene rings is 1. The Morgan fingerprint density at radius 3 is 2.67 bits per heavy atom. The van der Waals surface area contributed by atoms with Gasteiger partial charge in [0.25, 0.3) is 0 Å². The number of carbonyl (C=O) groups excluding carboxylic acids is 1. The SMILES string of the molecule is CN(C)c1ccc(CCC(=O)NCC2(O)CCOC2)cc1. The summed E-state index contributed by atoms with van der Waals surface area (Å²) in [5.41, 5.74) is 1.40. The molecule has 1 saturated heterocycles. The van der Waals surface area contributed by atoms with Gasteiger partial charge in [-0.3, -0.25) is 4.79 Å². The van der Waals surface area contributed by atoms with E-state index in [1.54, 1.807) is 0 Å². The molecule has 1 aromatic rings. The molecule has 2 rings (SSSR count). The maximum absolute atomic E-state index is 11.8. The Hall–Kier alpha value is -1.59. The van der Waals surface area contributed by atoms with Gasteiger partial charge in [-0.25, -0.2) is 0 Å². The van der Waals surface area contributed by atoms with Crippen molar-refractivity contribution in [1.82, 2.24) is 5.32 Å². The lowest BCUT2D eigenvalue weighted by Gasteiger charge is -2.20. The monoisotopic (exact) mass is 292 g/mol. The van der Waals surface area contributed by atoms with Crippen molar-refractivity contribution in [3.8, 4) is 0 Å². The van der Waals surface area contributed by atoms with Crippen LogP contribution in [0.2, 0.25) is 0 Å². The van der Waals surface area contributed by atoms with Crippen molar-refractivity contribution >= 4 is 11.6 Å². The molecule has 2 N–H and O–H groups in total. The first kappa shape index (κ1) is 15.8. The molecule has 0 spiro atoms. The molecule has 1 unspecified atom stereocenters. The third-order valence-corrected chi connectivity index (χ3v) is 3.79. The Morgan fingerprint density at radius 2 is 2.10 bits per heavy atom. The number of carbonyl (C=O) groups is 1. The average molecular weight is 292 g/mol. The summed E-state index contributed by atoms with van der Waals surface area (Å²) in [5.74, 6) is -0.0352. The molecule has 0 aromatic heterocycles. The van der Waals surface area contributed by atoms with E-state index in [0.717, 1.165) is 11.3 Å². The maximum atomic E-state index is 11.8. The molecule has 5 heteroatoms. The third-order valence-electron chi connectivity index (χ3n) is 3.79. The first-order valence-electron chi connectivity index (χ1n) is 7.32. The fourth-order valence-electron chi connectivity index (χ4n) is 2.31. The number of aryl methyl sites for hydroxylation is 1. The van der Waals surface area contributed by atoms with Crippen LogP contribution in [-0.2, 0) is 16.0 Å². The van der Waals surface area contributed by atoms with Crippen LogP contribution in [0.15, 0.2) is 24.3 Å². The van der Waals surface area contributed by atoms with E-state index in [-0.39, 0.29) is 12.5 Å². The van der Waals surface area contributed by atoms with E-state index in [9.17, 15) is 9.90 Å². The molecule has 5 nitrogen and oxygen atoms in total. The number of ether oxygens (including phenoxy) is 1. The molecule has 1 heterocycles. The number of rotatable bonds is 6. The Kier molecular flexibility index (Phi) is 5.20. The Labute approximate surface area is 125 Å². The summed E-state index contributed by atoms with van der Waals surface area (Å²) in [7, 11) is 4.00. The van der Waals surface area contributed by atoms with Crippen molar-refractivity contribution in [3.05, 3.63) is 29.8 Å². The van der Waals surface area contributed by atoms with E-state index in [4.69, 9.17) is 4.74 Å². The van der Waals surface area contributed by atoms with Crippen molar-refractivity contribution in [2.24, 2.45) is 0 Å². The van der Waals surface area contributed by atoms with Crippen LogP contribution in [0.3, 0.4) is 0 Å². The average Bonchev–Trinajstić information content (AvgIpc) is 2.91. The number of nitrogens with zero attached hydrogens (tertiary/aromatic N) is 1. The molecule has 0 bridgehead atoms. The van der Waals surface area contributed by atoms with Crippen molar-refractivity contribution in [2.45, 2.75) is 24.9 Å². The number of aliphatic hydroxyl groups is 1. The summed E-state index contributed by atoms with van der Waals surface area (Å²) < 4.78 is 5.15. The maximum Gasteiger partial charge on any atom is 0.220 e. The van der Waals surface area contributed by atoms with Gasteiger partial charge in [-0.15, -0.1) is 0 Å². The Balaban J connectivity index is 1.73. The highest BCUT2D eigenvalue weighted by Crippen LogP contribution is 2.17. The van der Waals surface area contributed by atoms with Crippen LogP contribution in [0, 0.1) is 0 Å². The fourth-order valence-corrected chi connectivity index (χ4v) is 2.31. The van der Waals surface area contributed by atoms with E-state index in [0.29, 0.717) is 32.5 Å². The zero-order chi connectivity index (χ0) is 15.3. The van der Waals surface area contributed by atoms with Crippen LogP contribution in [-0.4, -0.2) is 50.5 Å². The number of anilines is 1. The van der Waals surface area contributed by atoms with Gasteiger partial charge >= 0.3 is 0 Å². The van der Waals surface area contributed by atoms with E-state index >= 15 is 0 Å². The standard InChI is InChI=1S/C16H24N2O3/c1-18(2)14-6-3-13(4-7-14)5-8-15(19)17-11-16(20)9-10-21-12-16/h3-4,6-7,20H,5,8-12H2,1-2H3,(H,17,19). The summed E-state index contributed by atoms with van der Waals surface area (Å²) in [4.78, 5) is 13.9. The lowest BCUT2D eigenvalue weighted by Crippen LogP contribution is -2.43. The van der Waals surface area contributed by atoms with E-state index in [1.807, 2.05) is 43.3 Å². The number of nitrogens with one attached hydrogen (secondary N) is 1. The molecule has 1 aliphatic heterocycles. The lowest BCUT2D eigenvalue weighted by atomic mass is 10.0. The van der Waals surface area contributed by atoms with Crippen LogP contribution in [0.25, 0.3) is 0 Å². The van der Waals surface area contributed by atoms with Crippen LogP contribution in [0.5, 0.6) is 0 Å². The molecular formula is C16H24N2O3. The number of amides is 1. The highest BCUT2D eigenvalue weighted by molar-refractivity contribution is 5.76. The molecule has 116 valence electrons. The van der Waals surface area contributed by atoms with Gasteiger partial charge < -0.3 is 20.1 Å². The van der Waals surface area contributed by atoms with Crippen LogP contribution >= 0.6 is 0 Å². The molecule has 0 saturated carbocycles. The second-order valence-electron chi connectivity index (χ2n) is 5.86. The van der Waals surface area contributed by atoms with Gasteiger partial charge in [0.1, 0.15) is 5.60 Å². The molecule has 21 heavy (non-hydrogen) atoms. The first-order valence-corrected chi connectivity index (χ1v) is 7.32. The highest BCUT2D eigenvalue weighted by atomic mass is 16.5. The van der Waals surface area contributed by atoms with Crippen LogP contribution in [0.1, 0.15) is 18.4 Å². The summed E-state index contributed by atoms with van der Waals surface area (Å²) in [6.07, 6.45) is 1.71. The minimum atomic E-state index is -0.886. The summed E-state index contributed by atoms with van der Waals surface area (Å²) in [6, 6.07) is 8.18. The van der Waals surface area contributed by atoms with Crippen molar-refractivity contribution < 1.29 is 14.6 Å². The Morgan fingerprint density at radius 1 is 1.38 bits per heavy atom. The fraction of sp³-hybridized carbons (Fsp3) is 0.562. The minimum Gasteiger partial charge on any atom is -0.386 e. The van der Waals surface area contributed by atoms with Gasteiger partial charge in [0.15, 0.2) is 0 Å². The highest BCUT2D eigenvalue weighted by Gasteiger charge is 2.32. The van der Waals surface area contributed by atoms with Gasteiger partial charge in [0.05, 0.1) is 6.61 Å². The smallest absolute Gasteiger partial charge is 0.220 e. The molecular weight excluding hydrogens is 268 g/mol. The van der Waals surface area contributed by atoms with Crippen molar-refractivity contribution in [3.63, 3.8) is 0 Å². The van der Waals surface area contributed by atoms with Gasteiger partial charge in [0, 0.05) is 45.8 Å². The molecule has 1 aromatic carbocycles. The molecule has 1 aliphatic rings. The normalized spacial score (nSPS) is 21.3. The van der Waals surface area contributed by atoms with Crippen molar-refractivity contribution in [2.75, 3.05) is 38.8 Å². The third kappa shape index (κ3) is 4.72. The quantitative estimate of drug-likeness (QED) is 0.819. The molecule has 1 atom stereocenters. The molecule has 0 radical (unpaired) electrons. The lowest BCUT2D eigenvalue weighted by molar-refractivity contribution is -0.122. The van der Waals surface area contributed by atoms with Gasteiger partial charge in [-0.1, -0.05) is 12.1 Å². The number of hydrogen-bond acceptors (Lipinski definition) is 4. The van der Waals surface area contributed by atoms with Gasteiger partial charge in [-0.05, 0) is 24.1 Å². The number of hydrogen-bond donors (Lipinski definition) is 2.